The van der Waals surface area contributed by atoms with Gasteiger partial charge < -0.3 is 19.2 Å². The van der Waals surface area contributed by atoms with Crippen molar-refractivity contribution < 1.29 is 23.8 Å². The lowest BCUT2D eigenvalue weighted by atomic mass is 10.1. The molecular formula is C13H20NO5P. The van der Waals surface area contributed by atoms with E-state index in [1.54, 1.807) is 32.2 Å². The first kappa shape index (κ1) is 16.5. The average Bonchev–Trinajstić information content (AvgIpc) is 2.44. The van der Waals surface area contributed by atoms with Gasteiger partial charge in [-0.25, -0.2) is 0 Å². The van der Waals surface area contributed by atoms with Crippen LogP contribution in [0.4, 0.5) is 0 Å². The summed E-state index contributed by atoms with van der Waals surface area (Å²) in [6, 6.07) is 5.28. The minimum absolute atomic E-state index is 0.117. The maximum absolute atomic E-state index is 12.3. The first-order valence-corrected chi connectivity index (χ1v) is 8.20. The highest BCUT2D eigenvalue weighted by atomic mass is 31.2. The van der Waals surface area contributed by atoms with Crippen LogP contribution in [0.15, 0.2) is 23.4 Å². The second kappa shape index (κ2) is 7.31. The van der Waals surface area contributed by atoms with E-state index in [9.17, 15) is 4.57 Å². The van der Waals surface area contributed by atoms with E-state index >= 15 is 0 Å². The molecule has 0 radical (unpaired) electrons. The number of hydrogen-bond donors (Lipinski definition) is 1. The molecular weight excluding hydrogens is 281 g/mol. The van der Waals surface area contributed by atoms with Gasteiger partial charge in [0.1, 0.15) is 5.45 Å². The summed E-state index contributed by atoms with van der Waals surface area (Å²) in [6.45, 7) is 3.46. The van der Waals surface area contributed by atoms with Gasteiger partial charge in [0.2, 0.25) is 7.37 Å². The van der Waals surface area contributed by atoms with E-state index in [2.05, 4.69) is 5.16 Å². The molecule has 0 aliphatic carbocycles. The SMILES string of the molecule is CCO[P@@](C)(=O)/C(Cc1ccc(OC)c(OC)c1)=N/O. The minimum atomic E-state index is -3.08. The standard InChI is InChI=1S/C13H20NO5P/c1-5-19-20(4,16)13(14-15)9-10-6-7-11(17-2)12(8-10)18-3/h6-8,15H,5,9H2,1-4H3/b14-13+/t20-/m1/s1. The van der Waals surface area contributed by atoms with Crippen molar-refractivity contribution in [1.29, 1.82) is 0 Å². The topological polar surface area (TPSA) is 77.4 Å². The van der Waals surface area contributed by atoms with Crippen LogP contribution in [0, 0.1) is 0 Å². The third kappa shape index (κ3) is 3.99. The average molecular weight is 301 g/mol. The second-order valence-electron chi connectivity index (χ2n) is 4.15. The molecule has 20 heavy (non-hydrogen) atoms. The van der Waals surface area contributed by atoms with Crippen molar-refractivity contribution in [3.63, 3.8) is 0 Å². The first-order valence-electron chi connectivity index (χ1n) is 6.13. The second-order valence-corrected chi connectivity index (χ2v) is 6.61. The maximum Gasteiger partial charge on any atom is 0.246 e. The Bertz CT molecular complexity index is 529. The van der Waals surface area contributed by atoms with E-state index in [0.29, 0.717) is 18.1 Å². The van der Waals surface area contributed by atoms with Gasteiger partial charge in [-0.15, -0.1) is 0 Å². The third-order valence-corrected chi connectivity index (χ3v) is 4.71. The van der Waals surface area contributed by atoms with Crippen molar-refractivity contribution in [3.8, 4) is 11.5 Å². The van der Waals surface area contributed by atoms with Crippen LogP contribution in [-0.4, -0.2) is 38.2 Å². The molecule has 1 N–H and O–H groups in total. The Kier molecular flexibility index (Phi) is 6.05. The molecule has 0 unspecified atom stereocenters. The number of oxime groups is 1. The minimum Gasteiger partial charge on any atom is -0.493 e. The molecule has 6 nitrogen and oxygen atoms in total. The Labute approximate surface area is 118 Å². The molecule has 0 aliphatic rings. The predicted molar refractivity (Wildman–Crippen MR) is 77.6 cm³/mol. The van der Waals surface area contributed by atoms with Crippen LogP contribution < -0.4 is 9.47 Å². The van der Waals surface area contributed by atoms with Gasteiger partial charge in [-0.3, -0.25) is 4.57 Å². The summed E-state index contributed by atoms with van der Waals surface area (Å²) in [7, 11) is 0.00182. The number of benzene rings is 1. The summed E-state index contributed by atoms with van der Waals surface area (Å²) in [6.07, 6.45) is 0.213. The lowest BCUT2D eigenvalue weighted by molar-refractivity contribution is 0.314. The van der Waals surface area contributed by atoms with Crippen molar-refractivity contribution >= 4 is 12.8 Å². The van der Waals surface area contributed by atoms with E-state index in [-0.39, 0.29) is 11.9 Å². The first-order chi connectivity index (χ1) is 9.48. The van der Waals surface area contributed by atoms with Gasteiger partial charge in [0.25, 0.3) is 0 Å². The fraction of sp³-hybridized carbons (Fsp3) is 0.462. The van der Waals surface area contributed by atoms with Crippen molar-refractivity contribution in [2.24, 2.45) is 5.16 Å². The molecule has 1 rings (SSSR count). The van der Waals surface area contributed by atoms with E-state index in [4.69, 9.17) is 19.2 Å². The molecule has 0 saturated heterocycles. The van der Waals surface area contributed by atoms with Gasteiger partial charge in [-0.05, 0) is 24.6 Å². The van der Waals surface area contributed by atoms with E-state index in [0.717, 1.165) is 5.56 Å². The van der Waals surface area contributed by atoms with Crippen molar-refractivity contribution in [2.75, 3.05) is 27.5 Å². The van der Waals surface area contributed by atoms with E-state index in [1.807, 2.05) is 0 Å². The Morgan fingerprint density at radius 2 is 1.95 bits per heavy atom. The molecule has 7 heteroatoms. The van der Waals surface area contributed by atoms with Crippen molar-refractivity contribution in [2.45, 2.75) is 13.3 Å². The van der Waals surface area contributed by atoms with E-state index in [1.165, 1.54) is 13.8 Å². The molecule has 1 aromatic carbocycles. The van der Waals surface area contributed by atoms with Crippen LogP contribution in [0.2, 0.25) is 0 Å². The smallest absolute Gasteiger partial charge is 0.246 e. The van der Waals surface area contributed by atoms with Crippen LogP contribution in [0.25, 0.3) is 0 Å². The molecule has 0 aromatic heterocycles. The fourth-order valence-electron chi connectivity index (χ4n) is 1.75. The molecule has 112 valence electrons. The Balaban J connectivity index is 3.00. The summed E-state index contributed by atoms with van der Waals surface area (Å²) >= 11 is 0. The number of rotatable bonds is 7. The highest BCUT2D eigenvalue weighted by Crippen LogP contribution is 2.45. The molecule has 1 aromatic rings. The van der Waals surface area contributed by atoms with Crippen LogP contribution in [0.1, 0.15) is 12.5 Å². The van der Waals surface area contributed by atoms with E-state index < -0.39 is 7.37 Å². The van der Waals surface area contributed by atoms with Gasteiger partial charge >= 0.3 is 0 Å². The molecule has 0 aliphatic heterocycles. The normalized spacial score (nSPS) is 14.7. The summed E-state index contributed by atoms with van der Waals surface area (Å²) in [5.74, 6) is 1.16. The molecule has 0 bridgehead atoms. The largest absolute Gasteiger partial charge is 0.493 e. The molecule has 1 atom stereocenters. The Hall–Kier alpha value is -1.52. The van der Waals surface area contributed by atoms with Crippen molar-refractivity contribution in [3.05, 3.63) is 23.8 Å². The van der Waals surface area contributed by atoms with Gasteiger partial charge in [0, 0.05) is 13.1 Å². The summed E-state index contributed by atoms with van der Waals surface area (Å²) in [4.78, 5) is 0. The van der Waals surface area contributed by atoms with Crippen LogP contribution in [0.5, 0.6) is 11.5 Å². The molecule has 0 fully saturated rings. The number of methoxy groups -OCH3 is 2. The molecule has 0 spiro atoms. The highest BCUT2D eigenvalue weighted by Gasteiger charge is 2.25. The van der Waals surface area contributed by atoms with Crippen LogP contribution in [0.3, 0.4) is 0 Å². The molecule has 0 amide bonds. The predicted octanol–water partition coefficient (Wildman–Crippen LogP) is 2.98. The lowest BCUT2D eigenvalue weighted by Crippen LogP contribution is -2.07. The molecule has 0 saturated carbocycles. The van der Waals surface area contributed by atoms with Gasteiger partial charge in [-0.2, -0.15) is 0 Å². The Morgan fingerprint density at radius 3 is 2.45 bits per heavy atom. The zero-order valence-electron chi connectivity index (χ0n) is 12.1. The van der Waals surface area contributed by atoms with Gasteiger partial charge in [0.15, 0.2) is 11.5 Å². The summed E-state index contributed by atoms with van der Waals surface area (Å²) in [5, 5.41) is 12.2. The number of nitrogens with zero attached hydrogens (tertiary/aromatic N) is 1. The zero-order chi connectivity index (χ0) is 15.2. The maximum atomic E-state index is 12.3. The molecule has 0 heterocycles. The Morgan fingerprint density at radius 1 is 1.30 bits per heavy atom. The monoisotopic (exact) mass is 301 g/mol. The van der Waals surface area contributed by atoms with Crippen LogP contribution >= 0.6 is 7.37 Å². The highest BCUT2D eigenvalue weighted by molar-refractivity contribution is 7.75. The summed E-state index contributed by atoms with van der Waals surface area (Å²) < 4.78 is 27.8. The quantitative estimate of drug-likeness (QED) is 0.362. The zero-order valence-corrected chi connectivity index (χ0v) is 13.0. The number of ether oxygens (including phenoxy) is 2. The summed E-state index contributed by atoms with van der Waals surface area (Å²) in [5.41, 5.74) is 0.906. The van der Waals surface area contributed by atoms with Crippen molar-refractivity contribution in [1.82, 2.24) is 0 Å². The van der Waals surface area contributed by atoms with Crippen LogP contribution in [-0.2, 0) is 15.5 Å². The van der Waals surface area contributed by atoms with Gasteiger partial charge in [0.05, 0.1) is 20.8 Å². The third-order valence-electron chi connectivity index (χ3n) is 2.77. The number of hydrogen-bond acceptors (Lipinski definition) is 6. The van der Waals surface area contributed by atoms with Gasteiger partial charge in [-0.1, -0.05) is 11.2 Å². The fourth-order valence-corrected chi connectivity index (χ4v) is 3.03. The lowest BCUT2D eigenvalue weighted by Gasteiger charge is -2.15.